The molecule has 11 aromatic rings. The third kappa shape index (κ3) is 5.60. The van der Waals surface area contributed by atoms with E-state index >= 15 is 0 Å². The van der Waals surface area contributed by atoms with Gasteiger partial charge in [0.25, 0.3) is 0 Å². The highest BCUT2D eigenvalue weighted by atomic mass is 32.1. The van der Waals surface area contributed by atoms with E-state index in [4.69, 9.17) is 8.83 Å². The number of para-hydroxylation sites is 1. The summed E-state index contributed by atoms with van der Waals surface area (Å²) in [4.78, 5) is 2.70. The molecule has 4 aromatic heterocycles. The normalized spacial score (nSPS) is 16.4. The van der Waals surface area contributed by atoms with Gasteiger partial charge < -0.3 is 18.2 Å². The van der Waals surface area contributed by atoms with Crippen molar-refractivity contribution in [1.82, 2.24) is 4.57 Å². The number of fused-ring (bicyclic) bond motifs is 19. The molecular formula is C64H61BN2O2S. The SMILES string of the molecule is CC(C)(C)c1ccc(N2B3c4sc5cc6c(cc5c4-n4c5ccc(C(C)(C)C)cc5c5c7c(oc8ccccc87)c(c3c54)-c3cc4oc5cc(C(C)(C)C)ccc5c4cc32)C(C)(C)CCC6(C)C)cc1. The van der Waals surface area contributed by atoms with E-state index in [1.165, 1.54) is 111 Å². The van der Waals surface area contributed by atoms with Crippen LogP contribution in [-0.2, 0) is 27.1 Å². The predicted molar refractivity (Wildman–Crippen MR) is 301 cm³/mol. The van der Waals surface area contributed by atoms with Crippen LogP contribution >= 0.6 is 11.3 Å². The van der Waals surface area contributed by atoms with Gasteiger partial charge in [-0.3, -0.25) is 0 Å². The van der Waals surface area contributed by atoms with Crippen LogP contribution in [0.25, 0.3) is 92.6 Å². The first-order chi connectivity index (χ1) is 33.1. The second-order valence-corrected chi connectivity index (χ2v) is 26.7. The van der Waals surface area contributed by atoms with E-state index in [-0.39, 0.29) is 33.9 Å². The van der Waals surface area contributed by atoms with Crippen molar-refractivity contribution >= 4 is 116 Å². The number of benzene rings is 7. The monoisotopic (exact) mass is 932 g/mol. The highest BCUT2D eigenvalue weighted by molar-refractivity contribution is 7.32. The predicted octanol–water partition coefficient (Wildman–Crippen LogP) is 17.3. The first-order valence-corrected chi connectivity index (χ1v) is 26.4. The highest BCUT2D eigenvalue weighted by Crippen LogP contribution is 2.55. The van der Waals surface area contributed by atoms with Crippen LogP contribution in [0.2, 0.25) is 0 Å². The Labute approximate surface area is 415 Å². The largest absolute Gasteiger partial charge is 0.456 e. The molecule has 6 heteroatoms. The lowest BCUT2D eigenvalue weighted by Gasteiger charge is -2.42. The summed E-state index contributed by atoms with van der Waals surface area (Å²) in [6.45, 7) is 30.5. The maximum Gasteiger partial charge on any atom is 0.343 e. The Bertz CT molecular complexity index is 4130. The number of thiophene rings is 1. The number of hydrogen-bond acceptors (Lipinski definition) is 4. The fourth-order valence-corrected chi connectivity index (χ4v) is 14.2. The first-order valence-electron chi connectivity index (χ1n) is 25.6. The van der Waals surface area contributed by atoms with Gasteiger partial charge in [0.2, 0.25) is 0 Å². The molecule has 0 spiro atoms. The molecule has 70 heavy (non-hydrogen) atoms. The second kappa shape index (κ2) is 13.4. The maximum atomic E-state index is 7.37. The Morgan fingerprint density at radius 2 is 1.20 bits per heavy atom. The fraction of sp³-hybridized carbons (Fsp3) is 0.312. The van der Waals surface area contributed by atoms with E-state index in [2.05, 4.69) is 209 Å². The molecule has 1 aliphatic carbocycles. The lowest BCUT2D eigenvalue weighted by molar-refractivity contribution is 0.332. The molecule has 0 radical (unpaired) electrons. The summed E-state index contributed by atoms with van der Waals surface area (Å²) in [7, 11) is 0. The zero-order chi connectivity index (χ0) is 48.5. The van der Waals surface area contributed by atoms with Crippen LogP contribution in [0, 0.1) is 0 Å². The fourth-order valence-electron chi connectivity index (χ4n) is 12.9. The quantitative estimate of drug-likeness (QED) is 0.154. The van der Waals surface area contributed by atoms with Crippen molar-refractivity contribution in [2.45, 2.75) is 130 Å². The van der Waals surface area contributed by atoms with Crippen molar-refractivity contribution < 1.29 is 8.83 Å². The van der Waals surface area contributed by atoms with Crippen LogP contribution in [0.3, 0.4) is 0 Å². The molecule has 0 saturated heterocycles. The first kappa shape index (κ1) is 42.6. The lowest BCUT2D eigenvalue weighted by atomic mass is 9.47. The van der Waals surface area contributed by atoms with Gasteiger partial charge in [-0.25, -0.2) is 0 Å². The van der Waals surface area contributed by atoms with E-state index in [0.717, 1.165) is 44.1 Å². The van der Waals surface area contributed by atoms with Crippen molar-refractivity contribution in [3.63, 3.8) is 0 Å². The Kier molecular flexibility index (Phi) is 8.15. The minimum absolute atomic E-state index is 0.00870. The van der Waals surface area contributed by atoms with Gasteiger partial charge in [0, 0.05) is 69.7 Å². The summed E-state index contributed by atoms with van der Waals surface area (Å²) in [5, 5.41) is 8.52. The van der Waals surface area contributed by atoms with Gasteiger partial charge in [0.05, 0.1) is 16.7 Å². The number of hydrogen-bond donors (Lipinski definition) is 0. The molecule has 3 aliphatic rings. The average molecular weight is 933 g/mol. The van der Waals surface area contributed by atoms with Gasteiger partial charge in [0.1, 0.15) is 22.3 Å². The minimum atomic E-state index is -0.157. The van der Waals surface area contributed by atoms with Crippen LogP contribution in [0.15, 0.2) is 118 Å². The maximum absolute atomic E-state index is 7.37. The number of anilines is 2. The van der Waals surface area contributed by atoms with Crippen molar-refractivity contribution in [3.05, 3.63) is 137 Å². The van der Waals surface area contributed by atoms with E-state index in [9.17, 15) is 0 Å². The van der Waals surface area contributed by atoms with Crippen LogP contribution in [0.5, 0.6) is 0 Å². The van der Waals surface area contributed by atoms with Crippen molar-refractivity contribution in [1.29, 1.82) is 0 Å². The number of furan rings is 2. The standard InChI is InChI=1S/C64H61BN2O2S/c1-60(2,3)34-18-22-37(23-19-34)67-47-31-40-38-24-20-36(62(7,8)9)29-49(38)68-50(40)32-42(47)54-55-57-52(53-39-16-14-15-17-48(39)69-58(53)54)41-28-35(61(4,5)6)21-25-46(41)66(57)56-43-30-44-45(33-51(43)70-59(56)65(55)67)64(12,13)27-26-63(44,10)11/h14-25,28-33H,26-27H2,1-13H3. The van der Waals surface area contributed by atoms with Gasteiger partial charge in [-0.15, -0.1) is 11.3 Å². The van der Waals surface area contributed by atoms with E-state index in [0.29, 0.717) is 0 Å². The topological polar surface area (TPSA) is 34.5 Å². The average Bonchev–Trinajstić information content (AvgIpc) is 4.06. The van der Waals surface area contributed by atoms with E-state index in [1.807, 2.05) is 11.3 Å². The Morgan fingerprint density at radius 1 is 0.557 bits per heavy atom. The van der Waals surface area contributed by atoms with E-state index in [1.54, 1.807) is 0 Å². The molecule has 4 nitrogen and oxygen atoms in total. The summed E-state index contributed by atoms with van der Waals surface area (Å²) >= 11 is 2.01. The molecule has 6 heterocycles. The zero-order valence-electron chi connectivity index (χ0n) is 43.0. The minimum Gasteiger partial charge on any atom is -0.456 e. The molecule has 0 saturated carbocycles. The summed E-state index contributed by atoms with van der Waals surface area (Å²) in [5.74, 6) is 0. The molecule has 348 valence electrons. The van der Waals surface area contributed by atoms with Gasteiger partial charge in [-0.2, -0.15) is 0 Å². The van der Waals surface area contributed by atoms with Crippen LogP contribution in [0.4, 0.5) is 11.4 Å². The third-order valence-corrected chi connectivity index (χ3v) is 18.3. The lowest BCUT2D eigenvalue weighted by Crippen LogP contribution is -2.59. The van der Waals surface area contributed by atoms with Gasteiger partial charge in [0.15, 0.2) is 0 Å². The molecule has 0 bridgehead atoms. The molecular weight excluding hydrogens is 872 g/mol. The zero-order valence-corrected chi connectivity index (χ0v) is 43.8. The number of rotatable bonds is 1. The van der Waals surface area contributed by atoms with E-state index < -0.39 is 0 Å². The summed E-state index contributed by atoms with van der Waals surface area (Å²) < 4.78 is 19.8. The smallest absolute Gasteiger partial charge is 0.343 e. The van der Waals surface area contributed by atoms with Gasteiger partial charge >= 0.3 is 6.85 Å². The molecule has 0 unspecified atom stereocenters. The van der Waals surface area contributed by atoms with Gasteiger partial charge in [-0.05, 0) is 134 Å². The third-order valence-electron chi connectivity index (χ3n) is 17.1. The molecule has 0 fully saturated rings. The van der Waals surface area contributed by atoms with Crippen molar-refractivity contribution in [2.24, 2.45) is 0 Å². The second-order valence-electron chi connectivity index (χ2n) is 25.6. The molecule has 0 N–H and O–H groups in total. The molecule has 7 aromatic carbocycles. The molecule has 0 atom stereocenters. The summed E-state index contributed by atoms with van der Waals surface area (Å²) in [5.41, 5.74) is 20.5. The Balaban J connectivity index is 1.21. The summed E-state index contributed by atoms with van der Waals surface area (Å²) in [6, 6.07) is 42.4. The molecule has 0 amide bonds. The molecule has 14 rings (SSSR count). The van der Waals surface area contributed by atoms with Crippen LogP contribution in [0.1, 0.15) is 131 Å². The summed E-state index contributed by atoms with van der Waals surface area (Å²) in [6.07, 6.45) is 2.35. The number of aromatic nitrogens is 1. The molecule has 2 aliphatic heterocycles. The number of nitrogens with zero attached hydrogens (tertiary/aromatic N) is 2. The van der Waals surface area contributed by atoms with Crippen molar-refractivity contribution in [3.8, 4) is 16.8 Å². The van der Waals surface area contributed by atoms with Crippen LogP contribution < -0.4 is 15.1 Å². The van der Waals surface area contributed by atoms with Gasteiger partial charge in [-0.1, -0.05) is 139 Å². The van der Waals surface area contributed by atoms with Crippen LogP contribution in [-0.4, -0.2) is 11.4 Å². The Hall–Kier alpha value is -6.24. The Morgan fingerprint density at radius 3 is 1.91 bits per heavy atom. The highest BCUT2D eigenvalue weighted by Gasteiger charge is 2.49. The van der Waals surface area contributed by atoms with Crippen molar-refractivity contribution in [2.75, 3.05) is 4.81 Å².